The first-order valence-electron chi connectivity index (χ1n) is 7.86. The maximum Gasteiger partial charge on any atom is 0.227 e. The number of aliphatic hydroxyl groups excluding tert-OH is 1. The molecule has 0 radical (unpaired) electrons. The summed E-state index contributed by atoms with van der Waals surface area (Å²) in [5, 5.41) is 15.3. The summed E-state index contributed by atoms with van der Waals surface area (Å²) in [7, 11) is 0. The zero-order chi connectivity index (χ0) is 16.4. The third-order valence-corrected chi connectivity index (χ3v) is 5.42. The lowest BCUT2D eigenvalue weighted by atomic mass is 9.87. The van der Waals surface area contributed by atoms with Gasteiger partial charge in [-0.2, -0.15) is 0 Å². The van der Waals surface area contributed by atoms with Gasteiger partial charge in [-0.15, -0.1) is 11.3 Å². The van der Waals surface area contributed by atoms with E-state index in [1.807, 2.05) is 11.4 Å². The van der Waals surface area contributed by atoms with Crippen LogP contribution in [0.15, 0.2) is 35.7 Å². The summed E-state index contributed by atoms with van der Waals surface area (Å²) in [5.74, 6) is -0.518. The second-order valence-electron chi connectivity index (χ2n) is 6.04. The van der Waals surface area contributed by atoms with Crippen LogP contribution in [-0.2, 0) is 11.2 Å². The summed E-state index contributed by atoms with van der Waals surface area (Å²) >= 11 is 1.71. The number of aliphatic hydroxyl groups is 1. The predicted octanol–water partition coefficient (Wildman–Crippen LogP) is 3.55. The summed E-state index contributed by atoms with van der Waals surface area (Å²) in [6.07, 6.45) is 2.05. The highest BCUT2D eigenvalue weighted by atomic mass is 32.1. The molecule has 0 saturated carbocycles. The molecule has 2 N–H and O–H groups in total. The molecule has 1 heterocycles. The van der Waals surface area contributed by atoms with Crippen molar-refractivity contribution < 1.29 is 14.3 Å². The minimum absolute atomic E-state index is 0.0435. The molecule has 1 aliphatic rings. The van der Waals surface area contributed by atoms with Gasteiger partial charge in [0.25, 0.3) is 0 Å². The van der Waals surface area contributed by atoms with Gasteiger partial charge in [0, 0.05) is 4.88 Å². The Hall–Kier alpha value is -1.72. The monoisotopic (exact) mass is 333 g/mol. The van der Waals surface area contributed by atoms with Crippen molar-refractivity contribution in [1.29, 1.82) is 0 Å². The van der Waals surface area contributed by atoms with Crippen molar-refractivity contribution in [2.75, 3.05) is 0 Å². The van der Waals surface area contributed by atoms with Gasteiger partial charge >= 0.3 is 0 Å². The molecule has 1 aliphatic carbocycles. The molecule has 2 aromatic rings. The quantitative estimate of drug-likeness (QED) is 0.899. The number of rotatable bonds is 4. The maximum absolute atomic E-state index is 13.0. The van der Waals surface area contributed by atoms with Gasteiger partial charge in [0.15, 0.2) is 0 Å². The SMILES string of the molecule is CC(NC(=O)C1CCCc2sccc21)C(O)c1ccc(F)cc1. The second-order valence-corrected chi connectivity index (χ2v) is 7.04. The highest BCUT2D eigenvalue weighted by molar-refractivity contribution is 7.10. The van der Waals surface area contributed by atoms with Crippen LogP contribution in [0.4, 0.5) is 4.39 Å². The average molecular weight is 333 g/mol. The number of aryl methyl sites for hydroxylation is 1. The maximum atomic E-state index is 13.0. The van der Waals surface area contributed by atoms with Gasteiger partial charge < -0.3 is 10.4 Å². The van der Waals surface area contributed by atoms with E-state index >= 15 is 0 Å². The molecule has 5 heteroatoms. The van der Waals surface area contributed by atoms with Crippen LogP contribution in [0.3, 0.4) is 0 Å². The molecule has 0 fully saturated rings. The summed E-state index contributed by atoms with van der Waals surface area (Å²) in [6, 6.07) is 7.31. The molecular formula is C18H20FNO2S. The number of halogens is 1. The molecule has 1 aromatic carbocycles. The number of hydrogen-bond donors (Lipinski definition) is 2. The Morgan fingerprint density at radius 2 is 2.09 bits per heavy atom. The van der Waals surface area contributed by atoms with Crippen molar-refractivity contribution in [3.8, 4) is 0 Å². The smallest absolute Gasteiger partial charge is 0.227 e. The standard InChI is InChI=1S/C18H20FNO2S/c1-11(17(21)12-5-7-13(19)8-6-12)20-18(22)15-3-2-4-16-14(15)9-10-23-16/h5-11,15,17,21H,2-4H2,1H3,(H,20,22). The predicted molar refractivity (Wildman–Crippen MR) is 89.0 cm³/mol. The van der Waals surface area contributed by atoms with Crippen molar-refractivity contribution in [1.82, 2.24) is 5.32 Å². The Balaban J connectivity index is 1.67. The highest BCUT2D eigenvalue weighted by Crippen LogP contribution is 2.35. The van der Waals surface area contributed by atoms with E-state index in [9.17, 15) is 14.3 Å². The molecule has 0 bridgehead atoms. The molecule has 3 atom stereocenters. The van der Waals surface area contributed by atoms with E-state index in [-0.39, 0.29) is 17.6 Å². The first-order valence-corrected chi connectivity index (χ1v) is 8.74. The fourth-order valence-corrected chi connectivity index (χ4v) is 4.10. The van der Waals surface area contributed by atoms with Crippen molar-refractivity contribution in [2.45, 2.75) is 44.2 Å². The van der Waals surface area contributed by atoms with Gasteiger partial charge in [0.2, 0.25) is 5.91 Å². The Kier molecular flexibility index (Phi) is 4.78. The van der Waals surface area contributed by atoms with Crippen LogP contribution < -0.4 is 5.32 Å². The molecule has 0 aliphatic heterocycles. The third kappa shape index (κ3) is 3.46. The zero-order valence-electron chi connectivity index (χ0n) is 13.0. The number of fused-ring (bicyclic) bond motifs is 1. The minimum atomic E-state index is -0.856. The van der Waals surface area contributed by atoms with E-state index in [0.29, 0.717) is 5.56 Å². The first-order chi connectivity index (χ1) is 11.1. The number of hydrogen-bond acceptors (Lipinski definition) is 3. The van der Waals surface area contributed by atoms with Crippen LogP contribution >= 0.6 is 11.3 Å². The van der Waals surface area contributed by atoms with Crippen molar-refractivity contribution in [2.24, 2.45) is 0 Å². The number of benzene rings is 1. The Bertz CT molecular complexity index is 683. The van der Waals surface area contributed by atoms with Crippen LogP contribution in [0, 0.1) is 5.82 Å². The van der Waals surface area contributed by atoms with Crippen LogP contribution in [-0.4, -0.2) is 17.1 Å². The molecule has 3 unspecified atom stereocenters. The summed E-state index contributed by atoms with van der Waals surface area (Å²) in [5.41, 5.74) is 1.72. The Labute approximate surface area is 139 Å². The molecule has 1 amide bonds. The summed E-state index contributed by atoms with van der Waals surface area (Å²) in [4.78, 5) is 13.9. The van der Waals surface area contributed by atoms with Crippen LogP contribution in [0.2, 0.25) is 0 Å². The lowest BCUT2D eigenvalue weighted by molar-refractivity contribution is -0.124. The molecule has 3 nitrogen and oxygen atoms in total. The van der Waals surface area contributed by atoms with E-state index in [1.165, 1.54) is 17.0 Å². The van der Waals surface area contributed by atoms with E-state index in [0.717, 1.165) is 24.8 Å². The number of carbonyl (C=O) groups is 1. The lowest BCUT2D eigenvalue weighted by Crippen LogP contribution is -2.40. The highest BCUT2D eigenvalue weighted by Gasteiger charge is 2.29. The fraction of sp³-hybridized carbons (Fsp3) is 0.389. The normalized spacial score (nSPS) is 19.7. The van der Waals surface area contributed by atoms with Gasteiger partial charge in [0.05, 0.1) is 18.1 Å². The molecule has 0 spiro atoms. The van der Waals surface area contributed by atoms with Crippen molar-refractivity contribution in [3.05, 3.63) is 57.5 Å². The number of carbonyl (C=O) groups excluding carboxylic acids is 1. The second kappa shape index (κ2) is 6.81. The molecule has 122 valence electrons. The van der Waals surface area contributed by atoms with Gasteiger partial charge in [-0.05, 0) is 60.9 Å². The lowest BCUT2D eigenvalue weighted by Gasteiger charge is -2.26. The minimum Gasteiger partial charge on any atom is -0.386 e. The third-order valence-electron chi connectivity index (χ3n) is 4.42. The molecule has 3 rings (SSSR count). The number of amides is 1. The van der Waals surface area contributed by atoms with E-state index in [4.69, 9.17) is 0 Å². The topological polar surface area (TPSA) is 49.3 Å². The van der Waals surface area contributed by atoms with Crippen LogP contribution in [0.25, 0.3) is 0 Å². The summed E-state index contributed by atoms with van der Waals surface area (Å²) < 4.78 is 13.0. The van der Waals surface area contributed by atoms with E-state index < -0.39 is 12.1 Å². The Morgan fingerprint density at radius 3 is 2.83 bits per heavy atom. The van der Waals surface area contributed by atoms with Crippen molar-refractivity contribution in [3.63, 3.8) is 0 Å². The largest absolute Gasteiger partial charge is 0.386 e. The zero-order valence-corrected chi connectivity index (χ0v) is 13.8. The van der Waals surface area contributed by atoms with Crippen LogP contribution in [0.1, 0.15) is 47.8 Å². The van der Waals surface area contributed by atoms with Gasteiger partial charge in [-0.3, -0.25) is 4.79 Å². The first kappa shape index (κ1) is 16.1. The van der Waals surface area contributed by atoms with E-state index in [1.54, 1.807) is 30.4 Å². The van der Waals surface area contributed by atoms with Gasteiger partial charge in [0.1, 0.15) is 5.82 Å². The molecule has 1 aromatic heterocycles. The van der Waals surface area contributed by atoms with Gasteiger partial charge in [-0.25, -0.2) is 4.39 Å². The fourth-order valence-electron chi connectivity index (χ4n) is 3.11. The van der Waals surface area contributed by atoms with Crippen LogP contribution in [0.5, 0.6) is 0 Å². The summed E-state index contributed by atoms with van der Waals surface area (Å²) in [6.45, 7) is 1.77. The average Bonchev–Trinajstić information content (AvgIpc) is 3.03. The van der Waals surface area contributed by atoms with Gasteiger partial charge in [-0.1, -0.05) is 12.1 Å². The van der Waals surface area contributed by atoms with Crippen molar-refractivity contribution >= 4 is 17.2 Å². The number of nitrogens with one attached hydrogen (secondary N) is 1. The number of thiophene rings is 1. The van der Waals surface area contributed by atoms with E-state index in [2.05, 4.69) is 5.32 Å². The Morgan fingerprint density at radius 1 is 1.35 bits per heavy atom. The molecule has 0 saturated heterocycles. The molecular weight excluding hydrogens is 313 g/mol. The molecule has 23 heavy (non-hydrogen) atoms.